The molecule has 0 saturated heterocycles. The second kappa shape index (κ2) is 6.64. The van der Waals surface area contributed by atoms with Gasteiger partial charge in [-0.1, -0.05) is 30.7 Å². The van der Waals surface area contributed by atoms with E-state index >= 15 is 0 Å². The lowest BCUT2D eigenvalue weighted by Crippen LogP contribution is -2.38. The van der Waals surface area contributed by atoms with Gasteiger partial charge in [0, 0.05) is 32.6 Å². The van der Waals surface area contributed by atoms with Crippen molar-refractivity contribution >= 4 is 5.91 Å². The highest BCUT2D eigenvalue weighted by Crippen LogP contribution is 2.49. The van der Waals surface area contributed by atoms with Gasteiger partial charge in [-0.25, -0.2) is 0 Å². The number of benzene rings is 1. The molecule has 2 bridgehead atoms. The van der Waals surface area contributed by atoms with Gasteiger partial charge in [-0.3, -0.25) is 9.69 Å². The average molecular weight is 312 g/mol. The predicted molar refractivity (Wildman–Crippen MR) is 92.0 cm³/mol. The van der Waals surface area contributed by atoms with Gasteiger partial charge in [0.2, 0.25) is 5.91 Å². The molecule has 4 rings (SSSR count). The van der Waals surface area contributed by atoms with Crippen molar-refractivity contribution < 1.29 is 4.79 Å². The van der Waals surface area contributed by atoms with Crippen LogP contribution in [0.15, 0.2) is 24.3 Å². The Kier molecular flexibility index (Phi) is 4.39. The summed E-state index contributed by atoms with van der Waals surface area (Å²) in [6.45, 7) is 3.90. The van der Waals surface area contributed by atoms with Gasteiger partial charge >= 0.3 is 0 Å². The Morgan fingerprint density at radius 1 is 1.17 bits per heavy atom. The highest BCUT2D eigenvalue weighted by molar-refractivity contribution is 5.76. The van der Waals surface area contributed by atoms with Gasteiger partial charge in [0.15, 0.2) is 0 Å². The van der Waals surface area contributed by atoms with Gasteiger partial charge in [0.05, 0.1) is 0 Å². The van der Waals surface area contributed by atoms with E-state index < -0.39 is 0 Å². The normalized spacial score (nSPS) is 29.5. The maximum absolute atomic E-state index is 12.2. The van der Waals surface area contributed by atoms with Crippen LogP contribution in [0.5, 0.6) is 0 Å². The van der Waals surface area contributed by atoms with Crippen LogP contribution < -0.4 is 5.32 Å². The molecule has 0 aromatic heterocycles. The molecule has 1 amide bonds. The minimum Gasteiger partial charge on any atom is -0.355 e. The number of rotatable bonds is 5. The number of hydrogen-bond donors (Lipinski definition) is 1. The fourth-order valence-electron chi connectivity index (χ4n) is 5.04. The Morgan fingerprint density at radius 3 is 2.83 bits per heavy atom. The average Bonchev–Trinajstić information content (AvgIpc) is 3.17. The SMILES string of the molecule is O=C(CC1CC2CCC1C2)NCCN1CCc2ccccc2C1. The number of nitrogens with one attached hydrogen (secondary N) is 1. The summed E-state index contributed by atoms with van der Waals surface area (Å²) >= 11 is 0. The van der Waals surface area contributed by atoms with E-state index in [4.69, 9.17) is 0 Å². The van der Waals surface area contributed by atoms with Crippen molar-refractivity contribution in [2.24, 2.45) is 17.8 Å². The highest BCUT2D eigenvalue weighted by atomic mass is 16.1. The Hall–Kier alpha value is -1.35. The standard InChI is InChI=1S/C20H28N2O/c23-20(13-19-12-15-5-6-17(19)11-15)21-8-10-22-9-7-16-3-1-2-4-18(16)14-22/h1-4,15,17,19H,5-14H2,(H,21,23). The summed E-state index contributed by atoms with van der Waals surface area (Å²) in [5.74, 6) is 2.74. The number of carbonyl (C=O) groups excluding carboxylic acids is 1. The van der Waals surface area contributed by atoms with E-state index in [1.54, 1.807) is 0 Å². The summed E-state index contributed by atoms with van der Waals surface area (Å²) in [4.78, 5) is 14.6. The molecular formula is C20H28N2O. The molecule has 2 fully saturated rings. The van der Waals surface area contributed by atoms with Gasteiger partial charge in [0.25, 0.3) is 0 Å². The third-order valence-electron chi connectivity index (χ3n) is 6.29. The molecule has 3 atom stereocenters. The van der Waals surface area contributed by atoms with E-state index in [-0.39, 0.29) is 5.91 Å². The largest absolute Gasteiger partial charge is 0.355 e. The molecule has 2 saturated carbocycles. The van der Waals surface area contributed by atoms with Crippen LogP contribution in [0.1, 0.15) is 43.2 Å². The van der Waals surface area contributed by atoms with Crippen molar-refractivity contribution in [2.75, 3.05) is 19.6 Å². The summed E-state index contributed by atoms with van der Waals surface area (Å²) in [5.41, 5.74) is 2.94. The molecule has 124 valence electrons. The fraction of sp³-hybridized carbons (Fsp3) is 0.650. The van der Waals surface area contributed by atoms with Crippen molar-refractivity contribution in [1.29, 1.82) is 0 Å². The summed E-state index contributed by atoms with van der Waals surface area (Å²) in [5, 5.41) is 3.16. The zero-order chi connectivity index (χ0) is 15.6. The van der Waals surface area contributed by atoms with Crippen LogP contribution in [-0.2, 0) is 17.8 Å². The first-order chi connectivity index (χ1) is 11.3. The molecule has 3 unspecified atom stereocenters. The Morgan fingerprint density at radius 2 is 2.04 bits per heavy atom. The van der Waals surface area contributed by atoms with Crippen molar-refractivity contribution in [2.45, 2.75) is 45.1 Å². The molecule has 1 heterocycles. The molecule has 3 heteroatoms. The van der Waals surface area contributed by atoms with Crippen LogP contribution in [0.2, 0.25) is 0 Å². The maximum Gasteiger partial charge on any atom is 0.220 e. The minimum atomic E-state index is 0.278. The first-order valence-corrected chi connectivity index (χ1v) is 9.34. The predicted octanol–water partition coefficient (Wildman–Crippen LogP) is 2.99. The first kappa shape index (κ1) is 15.2. The summed E-state index contributed by atoms with van der Waals surface area (Å²) in [6.07, 6.45) is 7.39. The smallest absolute Gasteiger partial charge is 0.220 e. The lowest BCUT2D eigenvalue weighted by atomic mass is 9.86. The van der Waals surface area contributed by atoms with E-state index in [0.717, 1.165) is 50.9 Å². The lowest BCUT2D eigenvalue weighted by molar-refractivity contribution is -0.122. The number of nitrogens with zero attached hydrogens (tertiary/aromatic N) is 1. The van der Waals surface area contributed by atoms with Crippen molar-refractivity contribution in [3.05, 3.63) is 35.4 Å². The second-order valence-corrected chi connectivity index (χ2v) is 7.78. The molecule has 3 aliphatic rings. The monoisotopic (exact) mass is 312 g/mol. The van der Waals surface area contributed by atoms with Crippen LogP contribution >= 0.6 is 0 Å². The molecular weight excluding hydrogens is 284 g/mol. The van der Waals surface area contributed by atoms with Crippen molar-refractivity contribution in [1.82, 2.24) is 10.2 Å². The van der Waals surface area contributed by atoms with Crippen LogP contribution in [0.25, 0.3) is 0 Å². The van der Waals surface area contributed by atoms with E-state index in [2.05, 4.69) is 34.5 Å². The van der Waals surface area contributed by atoms with Crippen molar-refractivity contribution in [3.63, 3.8) is 0 Å². The van der Waals surface area contributed by atoms with Gasteiger partial charge in [-0.05, 0) is 54.6 Å². The van der Waals surface area contributed by atoms with Crippen LogP contribution in [0.3, 0.4) is 0 Å². The zero-order valence-electron chi connectivity index (χ0n) is 14.0. The van der Waals surface area contributed by atoms with Crippen molar-refractivity contribution in [3.8, 4) is 0 Å². The molecule has 23 heavy (non-hydrogen) atoms. The molecule has 1 N–H and O–H groups in total. The summed E-state index contributed by atoms with van der Waals surface area (Å²) < 4.78 is 0. The Labute approximate surface area is 139 Å². The summed E-state index contributed by atoms with van der Waals surface area (Å²) in [7, 11) is 0. The molecule has 2 aliphatic carbocycles. The lowest BCUT2D eigenvalue weighted by Gasteiger charge is -2.28. The third kappa shape index (κ3) is 3.45. The fourth-order valence-corrected chi connectivity index (χ4v) is 5.04. The Bertz CT molecular complexity index is 571. The molecule has 1 aromatic carbocycles. The Balaban J connectivity index is 1.18. The van der Waals surface area contributed by atoms with E-state index in [1.807, 2.05) is 0 Å². The molecule has 1 aromatic rings. The number of carbonyl (C=O) groups is 1. The van der Waals surface area contributed by atoms with Crippen LogP contribution in [-0.4, -0.2) is 30.4 Å². The maximum atomic E-state index is 12.2. The van der Waals surface area contributed by atoms with Gasteiger partial charge in [0.1, 0.15) is 0 Å². The third-order valence-corrected chi connectivity index (χ3v) is 6.29. The molecule has 1 aliphatic heterocycles. The zero-order valence-corrected chi connectivity index (χ0v) is 14.0. The second-order valence-electron chi connectivity index (χ2n) is 7.78. The van der Waals surface area contributed by atoms with Gasteiger partial charge in [-0.2, -0.15) is 0 Å². The summed E-state index contributed by atoms with van der Waals surface area (Å²) in [6, 6.07) is 8.72. The minimum absolute atomic E-state index is 0.278. The molecule has 3 nitrogen and oxygen atoms in total. The van der Waals surface area contributed by atoms with Gasteiger partial charge < -0.3 is 5.32 Å². The van der Waals surface area contributed by atoms with E-state index in [9.17, 15) is 4.79 Å². The number of amides is 1. The topological polar surface area (TPSA) is 32.3 Å². The van der Waals surface area contributed by atoms with E-state index in [0.29, 0.717) is 5.92 Å². The number of hydrogen-bond acceptors (Lipinski definition) is 2. The van der Waals surface area contributed by atoms with Gasteiger partial charge in [-0.15, -0.1) is 0 Å². The van der Waals surface area contributed by atoms with E-state index in [1.165, 1.54) is 36.8 Å². The van der Waals surface area contributed by atoms with Crippen LogP contribution in [0.4, 0.5) is 0 Å². The van der Waals surface area contributed by atoms with Crippen LogP contribution in [0, 0.1) is 17.8 Å². The quantitative estimate of drug-likeness (QED) is 0.906. The molecule has 0 radical (unpaired) electrons. The highest BCUT2D eigenvalue weighted by Gasteiger charge is 2.39. The number of fused-ring (bicyclic) bond motifs is 3. The molecule has 0 spiro atoms. The first-order valence-electron chi connectivity index (χ1n) is 9.34.